The number of hydrogen-bond donors (Lipinski definition) is 0. The molecule has 16 heavy (non-hydrogen) atoms. The molecule has 0 saturated carbocycles. The van der Waals surface area contributed by atoms with Crippen molar-refractivity contribution in [2.24, 2.45) is 5.92 Å². The average molecular weight is 236 g/mol. The summed E-state index contributed by atoms with van der Waals surface area (Å²) in [6, 6.07) is 4.19. The highest BCUT2D eigenvalue weighted by Crippen LogP contribution is 2.26. The molecule has 0 bridgehead atoms. The summed E-state index contributed by atoms with van der Waals surface area (Å²) in [5.41, 5.74) is 4.75. The summed E-state index contributed by atoms with van der Waals surface area (Å²) < 4.78 is 0. The largest absolute Gasteiger partial charge is 0.289 e. The van der Waals surface area contributed by atoms with Gasteiger partial charge in [-0.2, -0.15) is 0 Å². The van der Waals surface area contributed by atoms with E-state index < -0.39 is 0 Å². The molecule has 0 aliphatic carbocycles. The molecule has 88 valence electrons. The van der Waals surface area contributed by atoms with E-state index in [0.717, 1.165) is 22.9 Å². The van der Waals surface area contributed by atoms with Crippen LogP contribution in [0.2, 0.25) is 0 Å². The van der Waals surface area contributed by atoms with E-state index in [0.29, 0.717) is 20.0 Å². The van der Waals surface area contributed by atoms with E-state index in [2.05, 4.69) is 32.9 Å². The van der Waals surface area contributed by atoms with Gasteiger partial charge in [0.15, 0.2) is 5.52 Å². The van der Waals surface area contributed by atoms with Gasteiger partial charge in [-0.3, -0.25) is 4.79 Å². The van der Waals surface area contributed by atoms with Crippen LogP contribution in [0.4, 0.5) is 0 Å². The zero-order valence-electron chi connectivity index (χ0n) is 10.8. The number of rotatable bonds is 4. The molecule has 1 aromatic carbocycles. The summed E-state index contributed by atoms with van der Waals surface area (Å²) >= 11 is 0. The third-order valence-corrected chi connectivity index (χ3v) is 4.17. The van der Waals surface area contributed by atoms with E-state index in [1.54, 1.807) is 0 Å². The zero-order valence-corrected chi connectivity index (χ0v) is 11.8. The quantitative estimate of drug-likeness (QED) is 0.720. The Bertz CT molecular complexity index is 371. The molecule has 0 aromatic heterocycles. The summed E-state index contributed by atoms with van der Waals surface area (Å²) in [7, 11) is 0.414. The fourth-order valence-electron chi connectivity index (χ4n) is 1.92. The minimum Gasteiger partial charge on any atom is -0.289 e. The van der Waals surface area contributed by atoms with Gasteiger partial charge in [0.25, 0.3) is 0 Å². The van der Waals surface area contributed by atoms with Crippen molar-refractivity contribution in [1.29, 1.82) is 0 Å². The van der Waals surface area contributed by atoms with E-state index in [9.17, 15) is 4.79 Å². The van der Waals surface area contributed by atoms with Crippen molar-refractivity contribution in [3.8, 4) is 0 Å². The van der Waals surface area contributed by atoms with Gasteiger partial charge >= 0.3 is 0 Å². The molecular formula is C14H21OP. The molecule has 0 amide bonds. The Morgan fingerprint density at radius 3 is 2.12 bits per heavy atom. The lowest BCUT2D eigenvalue weighted by Crippen LogP contribution is -2.02. The first-order valence-electron chi connectivity index (χ1n) is 5.78. The third-order valence-electron chi connectivity index (χ3n) is 2.57. The molecule has 2 heteroatoms. The second-order valence-electron chi connectivity index (χ2n) is 4.88. The highest BCUT2D eigenvalue weighted by molar-refractivity contribution is 7.58. The molecule has 0 aliphatic heterocycles. The van der Waals surface area contributed by atoms with Gasteiger partial charge in [0.1, 0.15) is 0 Å². The molecule has 0 spiro atoms. The molecule has 1 rings (SSSR count). The Hall–Kier alpha value is -0.680. The predicted molar refractivity (Wildman–Crippen MR) is 73.0 cm³/mol. The molecule has 1 aromatic rings. The smallest absolute Gasteiger partial charge is 0.181 e. The first kappa shape index (κ1) is 13.4. The van der Waals surface area contributed by atoms with E-state index in [4.69, 9.17) is 0 Å². The SMILES string of the molecule is Cc1cc(C)c(C(=O)PCC(C)C)c(C)c1. The van der Waals surface area contributed by atoms with Gasteiger partial charge in [0, 0.05) is 5.56 Å². The maximum absolute atomic E-state index is 12.1. The lowest BCUT2D eigenvalue weighted by molar-refractivity contribution is 0.108. The topological polar surface area (TPSA) is 17.1 Å². The van der Waals surface area contributed by atoms with E-state index in [1.807, 2.05) is 13.8 Å². The monoisotopic (exact) mass is 236 g/mol. The molecule has 0 N–H and O–H groups in total. The van der Waals surface area contributed by atoms with Crippen LogP contribution in [0.1, 0.15) is 40.9 Å². The van der Waals surface area contributed by atoms with Gasteiger partial charge in [0.05, 0.1) is 0 Å². The highest BCUT2D eigenvalue weighted by Gasteiger charge is 2.12. The third kappa shape index (κ3) is 3.42. The fourth-order valence-corrected chi connectivity index (χ4v) is 3.09. The minimum atomic E-state index is 0.323. The molecule has 0 fully saturated rings. The normalized spacial score (nSPS) is 11.6. The van der Waals surface area contributed by atoms with Crippen molar-refractivity contribution < 1.29 is 4.79 Å². The summed E-state index contributed by atoms with van der Waals surface area (Å²) in [6.07, 6.45) is 1.01. The Kier molecular flexibility index (Phi) is 4.68. The average Bonchev–Trinajstić information content (AvgIpc) is 2.12. The molecule has 0 saturated heterocycles. The van der Waals surface area contributed by atoms with Crippen LogP contribution in [0, 0.1) is 26.7 Å². The standard InChI is InChI=1S/C14H21OP/c1-9(2)8-16-14(15)13-11(4)6-10(3)7-12(13)5/h6-7,9,16H,8H2,1-5H3. The molecule has 0 heterocycles. The number of benzene rings is 1. The number of hydrogen-bond acceptors (Lipinski definition) is 1. The van der Waals surface area contributed by atoms with Crippen LogP contribution in [0.25, 0.3) is 0 Å². The maximum atomic E-state index is 12.1. The predicted octanol–water partition coefficient (Wildman–Crippen LogP) is 4.09. The first-order chi connectivity index (χ1) is 7.41. The maximum Gasteiger partial charge on any atom is 0.181 e. The molecule has 0 radical (unpaired) electrons. The van der Waals surface area contributed by atoms with Crippen molar-refractivity contribution in [2.45, 2.75) is 34.6 Å². The summed E-state index contributed by atoms with van der Waals surface area (Å²) in [5, 5.41) is 0. The molecule has 1 atom stereocenters. The van der Waals surface area contributed by atoms with E-state index >= 15 is 0 Å². The number of carbonyl (C=O) groups is 1. The Labute approximate surface area is 100 Å². The molecular weight excluding hydrogens is 215 g/mol. The Balaban J connectivity index is 2.91. The molecule has 0 aliphatic rings. The number of aryl methyl sites for hydroxylation is 3. The minimum absolute atomic E-state index is 0.323. The van der Waals surface area contributed by atoms with E-state index in [-0.39, 0.29) is 0 Å². The lowest BCUT2D eigenvalue weighted by Gasteiger charge is -2.11. The van der Waals surface area contributed by atoms with Crippen LogP contribution in [-0.4, -0.2) is 11.7 Å². The van der Waals surface area contributed by atoms with Crippen molar-refractivity contribution in [3.63, 3.8) is 0 Å². The second kappa shape index (κ2) is 5.59. The first-order valence-corrected chi connectivity index (χ1v) is 6.98. The van der Waals surface area contributed by atoms with Crippen LogP contribution in [0.3, 0.4) is 0 Å². The summed E-state index contributed by atoms with van der Waals surface area (Å²) in [4.78, 5) is 12.1. The Morgan fingerprint density at radius 1 is 1.19 bits per heavy atom. The van der Waals surface area contributed by atoms with Crippen molar-refractivity contribution in [2.75, 3.05) is 6.16 Å². The van der Waals surface area contributed by atoms with Gasteiger partial charge in [-0.15, -0.1) is 0 Å². The summed E-state index contributed by atoms with van der Waals surface area (Å²) in [6.45, 7) is 10.5. The zero-order chi connectivity index (χ0) is 12.3. The van der Waals surface area contributed by atoms with Gasteiger partial charge < -0.3 is 0 Å². The molecule has 1 unspecified atom stereocenters. The fraction of sp³-hybridized carbons (Fsp3) is 0.500. The van der Waals surface area contributed by atoms with Crippen molar-refractivity contribution in [1.82, 2.24) is 0 Å². The number of carbonyl (C=O) groups excluding carboxylic acids is 1. The van der Waals surface area contributed by atoms with Gasteiger partial charge in [-0.05, 0) is 52.6 Å². The highest BCUT2D eigenvalue weighted by atomic mass is 31.1. The second-order valence-corrected chi connectivity index (χ2v) is 6.09. The van der Waals surface area contributed by atoms with E-state index in [1.165, 1.54) is 5.56 Å². The van der Waals surface area contributed by atoms with Crippen LogP contribution in [-0.2, 0) is 0 Å². The van der Waals surface area contributed by atoms with Crippen LogP contribution in [0.15, 0.2) is 12.1 Å². The Morgan fingerprint density at radius 2 is 1.69 bits per heavy atom. The van der Waals surface area contributed by atoms with Gasteiger partial charge in [0.2, 0.25) is 0 Å². The van der Waals surface area contributed by atoms with Crippen molar-refractivity contribution in [3.05, 3.63) is 34.4 Å². The molecule has 1 nitrogen and oxygen atoms in total. The van der Waals surface area contributed by atoms with Crippen LogP contribution >= 0.6 is 8.58 Å². The van der Waals surface area contributed by atoms with Crippen LogP contribution < -0.4 is 0 Å². The van der Waals surface area contributed by atoms with Gasteiger partial charge in [-0.25, -0.2) is 0 Å². The summed E-state index contributed by atoms with van der Waals surface area (Å²) in [5.74, 6) is 0.605. The lowest BCUT2D eigenvalue weighted by atomic mass is 10.0. The van der Waals surface area contributed by atoms with Crippen LogP contribution in [0.5, 0.6) is 0 Å². The van der Waals surface area contributed by atoms with Gasteiger partial charge in [-0.1, -0.05) is 31.5 Å². The van der Waals surface area contributed by atoms with Crippen molar-refractivity contribution >= 4 is 14.1 Å².